The molecular formula is C25H21ClN2O3S. The zero-order chi connectivity index (χ0) is 22.7. The number of thiophene rings is 1. The third-order valence-corrected chi connectivity index (χ3v) is 6.30. The number of carbonyl (C=O) groups is 2. The van der Waals surface area contributed by atoms with Crippen molar-refractivity contribution in [2.24, 2.45) is 0 Å². The fraction of sp³-hybridized carbons (Fsp3) is 0.160. The highest BCUT2D eigenvalue weighted by Crippen LogP contribution is 2.32. The van der Waals surface area contributed by atoms with Gasteiger partial charge in [-0.25, -0.2) is 9.78 Å². The summed E-state index contributed by atoms with van der Waals surface area (Å²) in [5.74, 6) is -0.643. The smallest absolute Gasteiger partial charge is 0.338 e. The summed E-state index contributed by atoms with van der Waals surface area (Å²) in [5, 5.41) is 6.22. The summed E-state index contributed by atoms with van der Waals surface area (Å²) in [6.07, 6.45) is 0.762. The van der Waals surface area contributed by atoms with Gasteiger partial charge in [-0.3, -0.25) is 4.79 Å². The number of carbonyl (C=O) groups excluding carboxylic acids is 2. The minimum absolute atomic E-state index is 0.266. The Kier molecular flexibility index (Phi) is 6.53. The fourth-order valence-corrected chi connectivity index (χ4v) is 4.15. The van der Waals surface area contributed by atoms with Crippen molar-refractivity contribution < 1.29 is 14.3 Å². The standard InChI is InChI=1S/C25H21ClN2O3S/c1-3-12-31-25(30)16-6-8-17(9-7-16)27-24(29)19-14-21(22-5-4-13-32-22)28-23-15(2)20(26)11-10-18(19)23/h4-11,13-14H,3,12H2,1-2H3,(H,27,29). The number of nitrogens with one attached hydrogen (secondary N) is 1. The number of pyridine rings is 1. The topological polar surface area (TPSA) is 68.3 Å². The largest absolute Gasteiger partial charge is 0.462 e. The molecule has 0 unspecified atom stereocenters. The van der Waals surface area contributed by atoms with Gasteiger partial charge in [0.2, 0.25) is 0 Å². The Morgan fingerprint density at radius 2 is 1.91 bits per heavy atom. The third kappa shape index (κ3) is 4.52. The highest BCUT2D eigenvalue weighted by Gasteiger charge is 2.17. The average molecular weight is 465 g/mol. The number of amides is 1. The normalized spacial score (nSPS) is 10.8. The van der Waals surface area contributed by atoms with Crippen molar-refractivity contribution >= 4 is 51.4 Å². The number of nitrogens with zero attached hydrogens (tertiary/aromatic N) is 1. The Hall–Kier alpha value is -3.22. The van der Waals surface area contributed by atoms with Gasteiger partial charge in [-0.05, 0) is 66.8 Å². The van der Waals surface area contributed by atoms with Gasteiger partial charge in [-0.15, -0.1) is 11.3 Å². The first-order valence-electron chi connectivity index (χ1n) is 10.2. The average Bonchev–Trinajstić information content (AvgIpc) is 3.35. The van der Waals surface area contributed by atoms with Gasteiger partial charge in [0.15, 0.2) is 0 Å². The molecule has 2 aromatic heterocycles. The van der Waals surface area contributed by atoms with Crippen molar-refractivity contribution in [2.45, 2.75) is 20.3 Å². The van der Waals surface area contributed by atoms with E-state index in [9.17, 15) is 9.59 Å². The monoisotopic (exact) mass is 464 g/mol. The lowest BCUT2D eigenvalue weighted by molar-refractivity contribution is 0.0505. The molecule has 2 aromatic carbocycles. The van der Waals surface area contributed by atoms with Gasteiger partial charge in [0.25, 0.3) is 5.91 Å². The van der Waals surface area contributed by atoms with Crippen LogP contribution in [-0.2, 0) is 4.74 Å². The molecule has 0 atom stereocenters. The zero-order valence-electron chi connectivity index (χ0n) is 17.6. The van der Waals surface area contributed by atoms with E-state index in [0.29, 0.717) is 34.0 Å². The molecule has 0 saturated heterocycles. The SMILES string of the molecule is CCCOC(=O)c1ccc(NC(=O)c2cc(-c3cccs3)nc3c(C)c(Cl)ccc23)cc1. The quantitative estimate of drug-likeness (QED) is 0.320. The van der Waals surface area contributed by atoms with E-state index in [1.54, 1.807) is 47.7 Å². The van der Waals surface area contributed by atoms with Crippen molar-refractivity contribution in [1.29, 1.82) is 0 Å². The van der Waals surface area contributed by atoms with Gasteiger partial charge in [-0.1, -0.05) is 30.7 Å². The second-order valence-corrected chi connectivity index (χ2v) is 8.62. The van der Waals surface area contributed by atoms with Gasteiger partial charge < -0.3 is 10.1 Å². The summed E-state index contributed by atoms with van der Waals surface area (Å²) >= 11 is 7.88. The van der Waals surface area contributed by atoms with E-state index in [1.165, 1.54) is 0 Å². The molecule has 32 heavy (non-hydrogen) atoms. The number of ether oxygens (including phenoxy) is 1. The molecule has 162 valence electrons. The maximum Gasteiger partial charge on any atom is 0.338 e. The van der Waals surface area contributed by atoms with Crippen molar-refractivity contribution in [1.82, 2.24) is 4.98 Å². The van der Waals surface area contributed by atoms with Crippen LogP contribution in [-0.4, -0.2) is 23.5 Å². The first-order chi connectivity index (χ1) is 15.5. The number of benzene rings is 2. The number of aryl methyl sites for hydroxylation is 1. The van der Waals surface area contributed by atoms with Crippen LogP contribution < -0.4 is 5.32 Å². The number of aromatic nitrogens is 1. The van der Waals surface area contributed by atoms with Gasteiger partial charge in [0, 0.05) is 16.1 Å². The number of halogens is 1. The first kappa shape index (κ1) is 22.0. The van der Waals surface area contributed by atoms with Crippen LogP contribution in [0.1, 0.15) is 39.6 Å². The predicted octanol–water partition coefficient (Wildman–Crippen LogP) is 6.74. The van der Waals surface area contributed by atoms with Gasteiger partial charge in [0.05, 0.1) is 33.8 Å². The lowest BCUT2D eigenvalue weighted by Crippen LogP contribution is -2.13. The molecule has 5 nitrogen and oxygen atoms in total. The van der Waals surface area contributed by atoms with Gasteiger partial charge in [0.1, 0.15) is 0 Å². The van der Waals surface area contributed by atoms with E-state index in [2.05, 4.69) is 5.32 Å². The molecule has 0 aliphatic heterocycles. The Labute approximate surface area is 195 Å². The second-order valence-electron chi connectivity index (χ2n) is 7.27. The Morgan fingerprint density at radius 1 is 1.12 bits per heavy atom. The Bertz CT molecular complexity index is 1290. The van der Waals surface area contributed by atoms with E-state index in [4.69, 9.17) is 21.3 Å². The minimum atomic E-state index is -0.377. The summed E-state index contributed by atoms with van der Waals surface area (Å²) in [6, 6.07) is 16.0. The fourth-order valence-electron chi connectivity index (χ4n) is 3.31. The first-order valence-corrected chi connectivity index (χ1v) is 11.5. The van der Waals surface area contributed by atoms with Gasteiger partial charge >= 0.3 is 5.97 Å². The van der Waals surface area contributed by atoms with Crippen molar-refractivity contribution in [3.63, 3.8) is 0 Å². The number of anilines is 1. The molecule has 4 aromatic rings. The van der Waals surface area contributed by atoms with E-state index < -0.39 is 0 Å². The lowest BCUT2D eigenvalue weighted by atomic mass is 10.0. The van der Waals surface area contributed by atoms with Crippen LogP contribution in [0.4, 0.5) is 5.69 Å². The summed E-state index contributed by atoms with van der Waals surface area (Å²) in [7, 11) is 0. The molecular weight excluding hydrogens is 444 g/mol. The second kappa shape index (κ2) is 9.51. The highest BCUT2D eigenvalue weighted by molar-refractivity contribution is 7.13. The van der Waals surface area contributed by atoms with Crippen LogP contribution in [0.3, 0.4) is 0 Å². The zero-order valence-corrected chi connectivity index (χ0v) is 19.2. The maximum atomic E-state index is 13.2. The number of fused-ring (bicyclic) bond motifs is 1. The molecule has 7 heteroatoms. The number of esters is 1. The summed E-state index contributed by atoms with van der Waals surface area (Å²) in [6.45, 7) is 4.21. The molecule has 1 N–H and O–H groups in total. The number of hydrogen-bond acceptors (Lipinski definition) is 5. The van der Waals surface area contributed by atoms with Crippen LogP contribution in [0, 0.1) is 6.92 Å². The molecule has 0 saturated carbocycles. The lowest BCUT2D eigenvalue weighted by Gasteiger charge is -2.12. The summed E-state index contributed by atoms with van der Waals surface area (Å²) in [5.41, 5.74) is 3.77. The Morgan fingerprint density at radius 3 is 2.59 bits per heavy atom. The molecule has 2 heterocycles. The van der Waals surface area contributed by atoms with E-state index >= 15 is 0 Å². The molecule has 1 amide bonds. The van der Waals surface area contributed by atoms with Crippen molar-refractivity contribution in [3.05, 3.63) is 81.7 Å². The van der Waals surface area contributed by atoms with Gasteiger partial charge in [-0.2, -0.15) is 0 Å². The predicted molar refractivity (Wildman–Crippen MR) is 130 cm³/mol. The van der Waals surface area contributed by atoms with E-state index in [0.717, 1.165) is 27.9 Å². The minimum Gasteiger partial charge on any atom is -0.462 e. The van der Waals surface area contributed by atoms with E-state index in [1.807, 2.05) is 37.4 Å². The summed E-state index contributed by atoms with van der Waals surface area (Å²) < 4.78 is 5.14. The molecule has 0 spiro atoms. The van der Waals surface area contributed by atoms with Crippen molar-refractivity contribution in [3.8, 4) is 10.6 Å². The van der Waals surface area contributed by atoms with Crippen LogP contribution in [0.25, 0.3) is 21.5 Å². The number of rotatable bonds is 6. The Balaban J connectivity index is 1.67. The molecule has 0 aliphatic rings. The van der Waals surface area contributed by atoms with Crippen molar-refractivity contribution in [2.75, 3.05) is 11.9 Å². The molecule has 0 radical (unpaired) electrons. The van der Waals surface area contributed by atoms with E-state index in [-0.39, 0.29) is 11.9 Å². The number of hydrogen-bond donors (Lipinski definition) is 1. The van der Waals surface area contributed by atoms with Crippen LogP contribution in [0.5, 0.6) is 0 Å². The maximum absolute atomic E-state index is 13.2. The highest BCUT2D eigenvalue weighted by atomic mass is 35.5. The molecule has 0 fully saturated rings. The third-order valence-electron chi connectivity index (χ3n) is 5.00. The molecule has 0 bridgehead atoms. The molecule has 0 aliphatic carbocycles. The van der Waals surface area contributed by atoms with Crippen LogP contribution >= 0.6 is 22.9 Å². The molecule has 4 rings (SSSR count). The van der Waals surface area contributed by atoms with Crippen LogP contribution in [0.2, 0.25) is 5.02 Å². The summed E-state index contributed by atoms with van der Waals surface area (Å²) in [4.78, 5) is 31.0. The van der Waals surface area contributed by atoms with Crippen LogP contribution in [0.15, 0.2) is 60.0 Å².